The second kappa shape index (κ2) is 5.58. The highest BCUT2D eigenvalue weighted by Gasteiger charge is 2.16. The molecule has 0 saturated carbocycles. The lowest BCUT2D eigenvalue weighted by atomic mass is 10.1. The molecule has 106 valence electrons. The summed E-state index contributed by atoms with van der Waals surface area (Å²) < 4.78 is 5.02. The molecule has 0 bridgehead atoms. The van der Waals surface area contributed by atoms with Crippen LogP contribution >= 0.6 is 11.3 Å². The van der Waals surface area contributed by atoms with Crippen molar-refractivity contribution in [2.24, 2.45) is 0 Å². The Labute approximate surface area is 127 Å². The van der Waals surface area contributed by atoms with Gasteiger partial charge in [-0.15, -0.1) is 11.3 Å². The zero-order chi connectivity index (χ0) is 14.8. The minimum absolute atomic E-state index is 0.347. The second-order valence-electron chi connectivity index (χ2n) is 4.67. The Bertz CT molecular complexity index is 807. The van der Waals surface area contributed by atoms with Crippen molar-refractivity contribution >= 4 is 33.1 Å². The largest absolute Gasteiger partial charge is 0.462 e. The van der Waals surface area contributed by atoms with E-state index in [4.69, 9.17) is 10.5 Å². The monoisotopic (exact) mass is 297 g/mol. The maximum Gasteiger partial charge on any atom is 0.341 e. The summed E-state index contributed by atoms with van der Waals surface area (Å²) in [5.74, 6) is -0.363. The van der Waals surface area contributed by atoms with Gasteiger partial charge in [0.2, 0.25) is 0 Å². The van der Waals surface area contributed by atoms with E-state index in [2.05, 4.69) is 24.3 Å². The van der Waals surface area contributed by atoms with Gasteiger partial charge in [-0.2, -0.15) is 0 Å². The number of esters is 1. The predicted molar refractivity (Wildman–Crippen MR) is 87.6 cm³/mol. The molecule has 3 rings (SSSR count). The number of hydrogen-bond donors (Lipinski definition) is 1. The van der Waals surface area contributed by atoms with E-state index in [1.807, 2.05) is 24.3 Å². The number of rotatable bonds is 3. The smallest absolute Gasteiger partial charge is 0.341 e. The molecular formula is C17H15NO2S. The summed E-state index contributed by atoms with van der Waals surface area (Å²) in [6.07, 6.45) is 0. The molecule has 4 heteroatoms. The molecule has 2 N–H and O–H groups in total. The fourth-order valence-electron chi connectivity index (χ4n) is 2.26. The minimum atomic E-state index is -0.363. The fourth-order valence-corrected chi connectivity index (χ4v) is 3.17. The van der Waals surface area contributed by atoms with Crippen molar-refractivity contribution in [2.75, 3.05) is 12.3 Å². The Morgan fingerprint density at radius 1 is 1.14 bits per heavy atom. The van der Waals surface area contributed by atoms with Gasteiger partial charge in [0.25, 0.3) is 0 Å². The van der Waals surface area contributed by atoms with Crippen LogP contribution < -0.4 is 5.73 Å². The van der Waals surface area contributed by atoms with Crippen molar-refractivity contribution in [3.8, 4) is 10.4 Å². The maximum atomic E-state index is 11.8. The second-order valence-corrected chi connectivity index (χ2v) is 5.75. The van der Waals surface area contributed by atoms with E-state index in [9.17, 15) is 4.79 Å². The van der Waals surface area contributed by atoms with Gasteiger partial charge in [-0.1, -0.05) is 36.4 Å². The van der Waals surface area contributed by atoms with Crippen molar-refractivity contribution in [3.63, 3.8) is 0 Å². The van der Waals surface area contributed by atoms with Crippen LogP contribution in [0.3, 0.4) is 0 Å². The summed E-state index contributed by atoms with van der Waals surface area (Å²) in [6.45, 7) is 2.13. The van der Waals surface area contributed by atoms with E-state index in [0.717, 1.165) is 10.4 Å². The first-order chi connectivity index (χ1) is 10.2. The Balaban J connectivity index is 2.02. The summed E-state index contributed by atoms with van der Waals surface area (Å²) in [4.78, 5) is 12.8. The van der Waals surface area contributed by atoms with Gasteiger partial charge in [0.1, 0.15) is 5.00 Å². The Kier molecular flexibility index (Phi) is 3.62. The molecule has 0 spiro atoms. The minimum Gasteiger partial charge on any atom is -0.462 e. The molecule has 2 aromatic carbocycles. The summed E-state index contributed by atoms with van der Waals surface area (Å²) in [5, 5.41) is 2.85. The Morgan fingerprint density at radius 2 is 1.90 bits per heavy atom. The SMILES string of the molecule is CCOC(=O)c1cc(-c2ccc3ccccc3c2)sc1N. The number of fused-ring (bicyclic) bond motifs is 1. The van der Waals surface area contributed by atoms with Gasteiger partial charge in [-0.05, 0) is 35.4 Å². The van der Waals surface area contributed by atoms with Gasteiger partial charge in [-0.3, -0.25) is 0 Å². The highest BCUT2D eigenvalue weighted by molar-refractivity contribution is 7.19. The lowest BCUT2D eigenvalue weighted by Gasteiger charge is -2.01. The third-order valence-electron chi connectivity index (χ3n) is 3.29. The number of thiophene rings is 1. The first kappa shape index (κ1) is 13.6. The molecule has 3 nitrogen and oxygen atoms in total. The lowest BCUT2D eigenvalue weighted by Crippen LogP contribution is -2.05. The van der Waals surface area contributed by atoms with E-state index < -0.39 is 0 Å². The van der Waals surface area contributed by atoms with E-state index in [1.54, 1.807) is 6.92 Å². The zero-order valence-corrected chi connectivity index (χ0v) is 12.4. The van der Waals surface area contributed by atoms with Gasteiger partial charge in [0.05, 0.1) is 12.2 Å². The van der Waals surface area contributed by atoms with E-state index in [-0.39, 0.29) is 5.97 Å². The molecule has 1 aromatic heterocycles. The molecule has 0 atom stereocenters. The summed E-state index contributed by atoms with van der Waals surface area (Å²) >= 11 is 1.41. The molecule has 0 unspecified atom stereocenters. The zero-order valence-electron chi connectivity index (χ0n) is 11.6. The lowest BCUT2D eigenvalue weighted by molar-refractivity contribution is 0.0528. The molecule has 0 fully saturated rings. The van der Waals surface area contributed by atoms with Crippen LogP contribution in [0.15, 0.2) is 48.5 Å². The molecular weight excluding hydrogens is 282 g/mol. The molecule has 21 heavy (non-hydrogen) atoms. The Morgan fingerprint density at radius 3 is 2.67 bits per heavy atom. The third-order valence-corrected chi connectivity index (χ3v) is 4.30. The highest BCUT2D eigenvalue weighted by atomic mass is 32.1. The standard InChI is InChI=1S/C17H15NO2S/c1-2-20-17(19)14-10-15(21-16(14)18)13-8-7-11-5-3-4-6-12(11)9-13/h3-10H,2,18H2,1H3. The van der Waals surface area contributed by atoms with Crippen molar-refractivity contribution in [3.05, 3.63) is 54.1 Å². The number of carbonyl (C=O) groups excluding carboxylic acids is 1. The predicted octanol–water partition coefficient (Wildman–Crippen LogP) is 4.33. The highest BCUT2D eigenvalue weighted by Crippen LogP contribution is 2.35. The van der Waals surface area contributed by atoms with Crippen LogP contribution in [0.4, 0.5) is 5.00 Å². The number of benzene rings is 2. The van der Waals surface area contributed by atoms with Crippen molar-refractivity contribution in [2.45, 2.75) is 6.92 Å². The van der Waals surface area contributed by atoms with Gasteiger partial charge >= 0.3 is 5.97 Å². The Hall–Kier alpha value is -2.33. The van der Waals surface area contributed by atoms with Gasteiger partial charge in [0.15, 0.2) is 0 Å². The third kappa shape index (κ3) is 2.62. The topological polar surface area (TPSA) is 52.3 Å². The van der Waals surface area contributed by atoms with Crippen LogP contribution in [0.25, 0.3) is 21.2 Å². The number of ether oxygens (including phenoxy) is 1. The average Bonchev–Trinajstić information content (AvgIpc) is 2.89. The molecule has 0 aliphatic heterocycles. The van der Waals surface area contributed by atoms with Gasteiger partial charge in [0, 0.05) is 4.88 Å². The molecule has 3 aromatic rings. The molecule has 0 aliphatic carbocycles. The van der Waals surface area contributed by atoms with E-state index >= 15 is 0 Å². The number of anilines is 1. The number of nitrogens with two attached hydrogens (primary N) is 1. The first-order valence-electron chi connectivity index (χ1n) is 6.74. The van der Waals surface area contributed by atoms with Crippen molar-refractivity contribution in [1.82, 2.24) is 0 Å². The summed E-state index contributed by atoms with van der Waals surface area (Å²) in [7, 11) is 0. The first-order valence-corrected chi connectivity index (χ1v) is 7.56. The fraction of sp³-hybridized carbons (Fsp3) is 0.118. The average molecular weight is 297 g/mol. The summed E-state index contributed by atoms with van der Waals surface area (Å²) in [6, 6.07) is 16.2. The van der Waals surface area contributed by atoms with Crippen LogP contribution in [-0.4, -0.2) is 12.6 Å². The van der Waals surface area contributed by atoms with Crippen LogP contribution in [0.1, 0.15) is 17.3 Å². The number of nitrogen functional groups attached to an aromatic ring is 1. The van der Waals surface area contributed by atoms with Crippen LogP contribution in [0.2, 0.25) is 0 Å². The van der Waals surface area contributed by atoms with Crippen LogP contribution in [0.5, 0.6) is 0 Å². The quantitative estimate of drug-likeness (QED) is 0.732. The normalized spacial score (nSPS) is 10.7. The van der Waals surface area contributed by atoms with Crippen molar-refractivity contribution < 1.29 is 9.53 Å². The summed E-state index contributed by atoms with van der Waals surface area (Å²) in [5.41, 5.74) is 7.45. The molecule has 0 radical (unpaired) electrons. The van der Waals surface area contributed by atoms with Gasteiger partial charge < -0.3 is 10.5 Å². The number of carbonyl (C=O) groups is 1. The molecule has 1 heterocycles. The number of hydrogen-bond acceptors (Lipinski definition) is 4. The van der Waals surface area contributed by atoms with Gasteiger partial charge in [-0.25, -0.2) is 4.79 Å². The molecule has 0 amide bonds. The molecule has 0 saturated heterocycles. The van der Waals surface area contributed by atoms with E-state index in [1.165, 1.54) is 22.1 Å². The maximum absolute atomic E-state index is 11.8. The van der Waals surface area contributed by atoms with Crippen LogP contribution in [-0.2, 0) is 4.74 Å². The van der Waals surface area contributed by atoms with E-state index in [0.29, 0.717) is 17.2 Å². The molecule has 0 aliphatic rings. The van der Waals surface area contributed by atoms with Crippen LogP contribution in [0, 0.1) is 0 Å². The van der Waals surface area contributed by atoms with Crippen molar-refractivity contribution in [1.29, 1.82) is 0 Å².